The first-order valence-electron chi connectivity index (χ1n) is 6.72. The number of nitrogens with two attached hydrogens (primary N) is 1. The van der Waals surface area contributed by atoms with Crippen molar-refractivity contribution in [1.82, 2.24) is 25.1 Å². The summed E-state index contributed by atoms with van der Waals surface area (Å²) in [5.74, 6) is -0.0809. The summed E-state index contributed by atoms with van der Waals surface area (Å²) >= 11 is 0. The van der Waals surface area contributed by atoms with Crippen molar-refractivity contribution in [3.63, 3.8) is 0 Å². The lowest BCUT2D eigenvalue weighted by atomic mass is 9.93. The Morgan fingerprint density at radius 3 is 2.71 bits per heavy atom. The molecule has 0 saturated heterocycles. The Morgan fingerprint density at radius 1 is 1.38 bits per heavy atom. The van der Waals surface area contributed by atoms with Crippen molar-refractivity contribution in [3.05, 3.63) is 36.2 Å². The number of amides is 1. The van der Waals surface area contributed by atoms with Crippen LogP contribution in [-0.2, 0) is 0 Å². The Kier molecular flexibility index (Phi) is 4.32. The van der Waals surface area contributed by atoms with Crippen molar-refractivity contribution >= 4 is 5.91 Å². The quantitative estimate of drug-likeness (QED) is 0.875. The molecule has 1 aromatic heterocycles. The van der Waals surface area contributed by atoms with E-state index >= 15 is 0 Å². The van der Waals surface area contributed by atoms with Crippen LogP contribution in [0.2, 0.25) is 0 Å². The van der Waals surface area contributed by atoms with E-state index in [0.29, 0.717) is 24.3 Å². The van der Waals surface area contributed by atoms with Gasteiger partial charge in [-0.25, -0.2) is 0 Å². The summed E-state index contributed by atoms with van der Waals surface area (Å²) in [5.41, 5.74) is 6.81. The van der Waals surface area contributed by atoms with Crippen molar-refractivity contribution < 1.29 is 4.79 Å². The van der Waals surface area contributed by atoms with Crippen LogP contribution in [0.3, 0.4) is 0 Å². The van der Waals surface area contributed by atoms with Crippen LogP contribution in [-0.4, -0.2) is 51.2 Å². The Labute approximate surface area is 123 Å². The maximum absolute atomic E-state index is 12.7. The summed E-state index contributed by atoms with van der Waals surface area (Å²) in [6, 6.07) is 7.25. The van der Waals surface area contributed by atoms with Crippen LogP contribution in [0.1, 0.15) is 24.2 Å². The Balaban J connectivity index is 2.28. The molecule has 0 unspecified atom stereocenters. The van der Waals surface area contributed by atoms with E-state index in [2.05, 4.69) is 15.5 Å². The zero-order valence-electron chi connectivity index (χ0n) is 12.5. The summed E-state index contributed by atoms with van der Waals surface area (Å²) in [7, 11) is 1.77. The number of hydrogen-bond donors (Lipinski definition) is 1. The Morgan fingerprint density at radius 2 is 2.10 bits per heavy atom. The second-order valence-electron chi connectivity index (χ2n) is 5.80. The zero-order valence-corrected chi connectivity index (χ0v) is 12.5. The van der Waals surface area contributed by atoms with E-state index in [-0.39, 0.29) is 11.3 Å². The highest BCUT2D eigenvalue weighted by Gasteiger charge is 2.23. The lowest BCUT2D eigenvalue weighted by Gasteiger charge is -2.29. The lowest BCUT2D eigenvalue weighted by molar-refractivity contribution is 0.0740. The van der Waals surface area contributed by atoms with Gasteiger partial charge >= 0.3 is 0 Å². The first kappa shape index (κ1) is 15.1. The van der Waals surface area contributed by atoms with E-state index in [0.717, 1.165) is 0 Å². The molecule has 2 N–H and O–H groups in total. The molecule has 0 aliphatic heterocycles. The number of carbonyl (C=O) groups excluding carboxylic acids is 1. The molecule has 1 amide bonds. The molecule has 0 fully saturated rings. The van der Waals surface area contributed by atoms with Crippen LogP contribution in [0.25, 0.3) is 5.69 Å². The molecule has 7 nitrogen and oxygen atoms in total. The van der Waals surface area contributed by atoms with Gasteiger partial charge in [0.25, 0.3) is 5.91 Å². The number of aromatic nitrogens is 4. The fourth-order valence-corrected chi connectivity index (χ4v) is 2.11. The highest BCUT2D eigenvalue weighted by molar-refractivity contribution is 5.97. The van der Waals surface area contributed by atoms with Gasteiger partial charge in [0.15, 0.2) is 0 Å². The molecule has 21 heavy (non-hydrogen) atoms. The lowest BCUT2D eigenvalue weighted by Crippen LogP contribution is -2.40. The van der Waals surface area contributed by atoms with E-state index in [1.807, 2.05) is 32.0 Å². The second kappa shape index (κ2) is 6.01. The van der Waals surface area contributed by atoms with E-state index < -0.39 is 0 Å². The molecule has 7 heteroatoms. The van der Waals surface area contributed by atoms with Gasteiger partial charge in [-0.15, -0.1) is 5.10 Å². The van der Waals surface area contributed by atoms with E-state index in [9.17, 15) is 4.79 Å². The smallest absolute Gasteiger partial charge is 0.255 e. The third kappa shape index (κ3) is 3.43. The number of para-hydroxylation sites is 1. The second-order valence-corrected chi connectivity index (χ2v) is 5.80. The molecule has 0 aliphatic rings. The molecule has 0 bridgehead atoms. The van der Waals surface area contributed by atoms with Crippen LogP contribution in [0.15, 0.2) is 30.6 Å². The highest BCUT2D eigenvalue weighted by Crippen LogP contribution is 2.18. The van der Waals surface area contributed by atoms with E-state index in [4.69, 9.17) is 5.73 Å². The minimum Gasteiger partial charge on any atom is -0.341 e. The van der Waals surface area contributed by atoms with Crippen LogP contribution in [0, 0.1) is 5.41 Å². The van der Waals surface area contributed by atoms with Crippen molar-refractivity contribution in [3.8, 4) is 5.69 Å². The van der Waals surface area contributed by atoms with Crippen molar-refractivity contribution in [1.29, 1.82) is 0 Å². The fourth-order valence-electron chi connectivity index (χ4n) is 2.11. The standard InChI is InChI=1S/C14H20N6O/c1-14(2,8-15)9-19(3)13(21)11-6-4-5-7-12(11)20-10-16-17-18-20/h4-7,10H,8-9,15H2,1-3H3. The molecule has 1 heterocycles. The summed E-state index contributed by atoms with van der Waals surface area (Å²) in [4.78, 5) is 14.3. The van der Waals surface area contributed by atoms with Gasteiger partial charge < -0.3 is 10.6 Å². The maximum Gasteiger partial charge on any atom is 0.255 e. The first-order valence-corrected chi connectivity index (χ1v) is 6.72. The minimum absolute atomic E-state index is 0.0809. The van der Waals surface area contributed by atoms with Crippen molar-refractivity contribution in [2.75, 3.05) is 20.1 Å². The van der Waals surface area contributed by atoms with Crippen LogP contribution < -0.4 is 5.73 Å². The van der Waals surface area contributed by atoms with Gasteiger partial charge in [-0.05, 0) is 34.5 Å². The molecule has 0 spiro atoms. The largest absolute Gasteiger partial charge is 0.341 e. The molecule has 112 valence electrons. The average molecular weight is 288 g/mol. The van der Waals surface area contributed by atoms with Crippen LogP contribution >= 0.6 is 0 Å². The fraction of sp³-hybridized carbons (Fsp3) is 0.429. The van der Waals surface area contributed by atoms with Gasteiger partial charge in [0.05, 0.1) is 11.3 Å². The summed E-state index contributed by atoms with van der Waals surface area (Å²) in [6.45, 7) is 5.15. The highest BCUT2D eigenvalue weighted by atomic mass is 16.2. The van der Waals surface area contributed by atoms with Crippen molar-refractivity contribution in [2.45, 2.75) is 13.8 Å². The predicted molar refractivity (Wildman–Crippen MR) is 78.9 cm³/mol. The monoisotopic (exact) mass is 288 g/mol. The first-order chi connectivity index (χ1) is 9.94. The van der Waals surface area contributed by atoms with Gasteiger partial charge in [0, 0.05) is 13.6 Å². The molecular weight excluding hydrogens is 268 g/mol. The minimum atomic E-state index is -0.131. The normalized spacial score (nSPS) is 11.4. The van der Waals surface area contributed by atoms with Gasteiger partial charge in [0.1, 0.15) is 6.33 Å². The molecule has 0 atom stereocenters. The SMILES string of the molecule is CN(CC(C)(C)CN)C(=O)c1ccccc1-n1cnnn1. The summed E-state index contributed by atoms with van der Waals surface area (Å²) in [6.07, 6.45) is 1.47. The topological polar surface area (TPSA) is 89.9 Å². The molecule has 0 saturated carbocycles. The third-order valence-corrected chi connectivity index (χ3v) is 3.29. The zero-order chi connectivity index (χ0) is 15.5. The number of tetrazole rings is 1. The molecule has 2 rings (SSSR count). The van der Waals surface area contributed by atoms with E-state index in [1.165, 1.54) is 11.0 Å². The average Bonchev–Trinajstić information content (AvgIpc) is 3.00. The molecule has 1 aromatic carbocycles. The van der Waals surface area contributed by atoms with Crippen LogP contribution in [0.5, 0.6) is 0 Å². The number of carbonyl (C=O) groups is 1. The number of rotatable bonds is 5. The molecule has 0 radical (unpaired) electrons. The predicted octanol–water partition coefficient (Wildman–Crippen LogP) is 0.719. The third-order valence-electron chi connectivity index (χ3n) is 3.29. The van der Waals surface area contributed by atoms with Gasteiger partial charge in [-0.2, -0.15) is 4.68 Å². The number of nitrogens with zero attached hydrogens (tertiary/aromatic N) is 5. The summed E-state index contributed by atoms with van der Waals surface area (Å²) in [5, 5.41) is 11.1. The summed E-state index contributed by atoms with van der Waals surface area (Å²) < 4.78 is 1.48. The van der Waals surface area contributed by atoms with Crippen LogP contribution in [0.4, 0.5) is 0 Å². The van der Waals surface area contributed by atoms with Crippen molar-refractivity contribution in [2.24, 2.45) is 11.1 Å². The Hall–Kier alpha value is -2.28. The van der Waals surface area contributed by atoms with E-state index in [1.54, 1.807) is 18.0 Å². The van der Waals surface area contributed by atoms with Gasteiger partial charge in [-0.1, -0.05) is 26.0 Å². The van der Waals surface area contributed by atoms with Gasteiger partial charge in [-0.3, -0.25) is 4.79 Å². The maximum atomic E-state index is 12.7. The molecular formula is C14H20N6O. The number of benzene rings is 1. The molecule has 2 aromatic rings. The number of hydrogen-bond acceptors (Lipinski definition) is 5. The van der Waals surface area contributed by atoms with Gasteiger partial charge in [0.2, 0.25) is 0 Å². The Bertz CT molecular complexity index is 608. The molecule has 0 aliphatic carbocycles.